The Morgan fingerprint density at radius 1 is 1.26 bits per heavy atom. The topological polar surface area (TPSA) is 77.7 Å². The maximum absolute atomic E-state index is 12.2. The van der Waals surface area contributed by atoms with Gasteiger partial charge in [-0.25, -0.2) is 8.42 Å². The molecule has 7 heteroatoms. The number of nitrogens with zero attached hydrogens (tertiary/aromatic N) is 4. The van der Waals surface area contributed by atoms with Crippen LogP contribution >= 0.6 is 0 Å². The number of aromatic nitrogens is 4. The van der Waals surface area contributed by atoms with Crippen molar-refractivity contribution in [2.45, 2.75) is 18.0 Å². The highest BCUT2D eigenvalue weighted by molar-refractivity contribution is 7.91. The van der Waals surface area contributed by atoms with Gasteiger partial charge in [-0.05, 0) is 35.4 Å². The number of benzene rings is 1. The van der Waals surface area contributed by atoms with Crippen LogP contribution in [-0.4, -0.2) is 34.4 Å². The second-order valence-electron chi connectivity index (χ2n) is 3.96. The van der Waals surface area contributed by atoms with Gasteiger partial charge in [-0.15, -0.1) is 6.58 Å². The zero-order valence-electron chi connectivity index (χ0n) is 10.3. The van der Waals surface area contributed by atoms with Gasteiger partial charge in [0, 0.05) is 0 Å². The average Bonchev–Trinajstić information content (AvgIpc) is 2.90. The third-order valence-electron chi connectivity index (χ3n) is 2.54. The molecular weight excluding hydrogens is 264 g/mol. The van der Waals surface area contributed by atoms with E-state index in [0.717, 1.165) is 0 Å². The van der Waals surface area contributed by atoms with Gasteiger partial charge in [0.05, 0.1) is 11.4 Å². The zero-order chi connectivity index (χ0) is 13.7. The van der Waals surface area contributed by atoms with Gasteiger partial charge < -0.3 is 0 Å². The van der Waals surface area contributed by atoms with Crippen LogP contribution in [0.3, 0.4) is 0 Å². The van der Waals surface area contributed by atoms with Crippen molar-refractivity contribution < 1.29 is 8.42 Å². The largest absolute Gasteiger partial charge is 0.272 e. The SMILES string of the molecule is C=CCCCS(=O)(=O)c1nnnn1-c1ccccc1. The van der Waals surface area contributed by atoms with Gasteiger partial charge in [-0.2, -0.15) is 4.68 Å². The van der Waals surface area contributed by atoms with E-state index in [9.17, 15) is 8.42 Å². The molecule has 0 fully saturated rings. The predicted octanol–water partition coefficient (Wildman–Crippen LogP) is 1.40. The fourth-order valence-electron chi connectivity index (χ4n) is 1.61. The maximum Gasteiger partial charge on any atom is 0.272 e. The Kier molecular flexibility index (Phi) is 4.06. The van der Waals surface area contributed by atoms with Crippen molar-refractivity contribution >= 4 is 9.84 Å². The van der Waals surface area contributed by atoms with Gasteiger partial charge in [0.1, 0.15) is 0 Å². The summed E-state index contributed by atoms with van der Waals surface area (Å²) in [4.78, 5) is 0. The molecule has 0 unspecified atom stereocenters. The van der Waals surface area contributed by atoms with E-state index in [-0.39, 0.29) is 10.9 Å². The van der Waals surface area contributed by atoms with Crippen LogP contribution in [0.1, 0.15) is 12.8 Å². The van der Waals surface area contributed by atoms with E-state index in [1.165, 1.54) is 4.68 Å². The first kappa shape index (κ1) is 13.4. The first-order valence-corrected chi connectivity index (χ1v) is 7.48. The van der Waals surface area contributed by atoms with E-state index >= 15 is 0 Å². The summed E-state index contributed by atoms with van der Waals surface area (Å²) in [6.07, 6.45) is 2.84. The molecule has 6 nitrogen and oxygen atoms in total. The van der Waals surface area contributed by atoms with Crippen molar-refractivity contribution in [3.8, 4) is 5.69 Å². The zero-order valence-corrected chi connectivity index (χ0v) is 11.1. The maximum atomic E-state index is 12.2. The lowest BCUT2D eigenvalue weighted by Crippen LogP contribution is -2.14. The molecule has 0 atom stereocenters. The Hall–Kier alpha value is -2.02. The summed E-state index contributed by atoms with van der Waals surface area (Å²) in [6.45, 7) is 3.57. The molecule has 1 aromatic carbocycles. The lowest BCUT2D eigenvalue weighted by Gasteiger charge is -2.04. The summed E-state index contributed by atoms with van der Waals surface area (Å²) in [5.41, 5.74) is 0.620. The first-order chi connectivity index (χ1) is 9.15. The minimum atomic E-state index is -3.49. The van der Waals surface area contributed by atoms with Crippen molar-refractivity contribution in [2.24, 2.45) is 0 Å². The Morgan fingerprint density at radius 3 is 2.68 bits per heavy atom. The molecule has 0 bridgehead atoms. The van der Waals surface area contributed by atoms with Crippen molar-refractivity contribution in [3.05, 3.63) is 43.0 Å². The summed E-state index contributed by atoms with van der Waals surface area (Å²) in [5.74, 6) is 0.00618. The molecule has 0 aliphatic heterocycles. The molecule has 1 aromatic heterocycles. The lowest BCUT2D eigenvalue weighted by molar-refractivity contribution is 0.578. The quantitative estimate of drug-likeness (QED) is 0.589. The van der Waals surface area contributed by atoms with Crippen LogP contribution in [0.25, 0.3) is 5.69 Å². The molecule has 0 aliphatic rings. The highest BCUT2D eigenvalue weighted by Crippen LogP contribution is 2.14. The van der Waals surface area contributed by atoms with Crippen molar-refractivity contribution in [3.63, 3.8) is 0 Å². The van der Waals surface area contributed by atoms with Gasteiger partial charge in [-0.3, -0.25) is 0 Å². The number of para-hydroxylation sites is 1. The second kappa shape index (κ2) is 5.75. The van der Waals surface area contributed by atoms with E-state index in [2.05, 4.69) is 22.1 Å². The molecule has 0 saturated carbocycles. The number of sulfone groups is 1. The summed E-state index contributed by atoms with van der Waals surface area (Å²) in [7, 11) is -3.49. The van der Waals surface area contributed by atoms with Gasteiger partial charge >= 0.3 is 0 Å². The molecule has 1 heterocycles. The Morgan fingerprint density at radius 2 is 2.00 bits per heavy atom. The molecule has 0 amide bonds. The van der Waals surface area contributed by atoms with E-state index in [0.29, 0.717) is 18.5 Å². The smallest absolute Gasteiger partial charge is 0.220 e. The number of rotatable bonds is 6. The summed E-state index contributed by atoms with van der Waals surface area (Å²) in [5, 5.41) is 10.7. The minimum Gasteiger partial charge on any atom is -0.220 e. The molecule has 0 N–H and O–H groups in total. The summed E-state index contributed by atoms with van der Waals surface area (Å²) < 4.78 is 25.6. The first-order valence-electron chi connectivity index (χ1n) is 5.82. The third kappa shape index (κ3) is 3.05. The highest BCUT2D eigenvalue weighted by Gasteiger charge is 2.23. The second-order valence-corrected chi connectivity index (χ2v) is 5.96. The van der Waals surface area contributed by atoms with Crippen LogP contribution in [0.15, 0.2) is 48.1 Å². The standard InChI is InChI=1S/C12H14N4O2S/c1-2-3-7-10-19(17,18)12-13-14-15-16(12)11-8-5-4-6-9-11/h2,4-6,8-9H,1,3,7,10H2. The van der Waals surface area contributed by atoms with Crippen LogP contribution in [0.4, 0.5) is 0 Å². The minimum absolute atomic E-state index is 0.00618. The Bertz CT molecular complexity index is 649. The van der Waals surface area contributed by atoms with Gasteiger partial charge in [0.15, 0.2) is 0 Å². The molecule has 19 heavy (non-hydrogen) atoms. The van der Waals surface area contributed by atoms with Gasteiger partial charge in [-0.1, -0.05) is 29.4 Å². The Balaban J connectivity index is 2.32. The van der Waals surface area contributed by atoms with E-state index in [1.807, 2.05) is 6.07 Å². The van der Waals surface area contributed by atoms with E-state index in [4.69, 9.17) is 0 Å². The Labute approximate surface area is 111 Å². The number of unbranched alkanes of at least 4 members (excludes halogenated alkanes) is 1. The number of tetrazole rings is 1. The van der Waals surface area contributed by atoms with Crippen LogP contribution in [0.2, 0.25) is 0 Å². The van der Waals surface area contributed by atoms with Crippen LogP contribution in [-0.2, 0) is 9.84 Å². The fourth-order valence-corrected chi connectivity index (χ4v) is 2.91. The average molecular weight is 278 g/mol. The lowest BCUT2D eigenvalue weighted by atomic mass is 10.3. The van der Waals surface area contributed by atoms with Crippen LogP contribution in [0, 0.1) is 0 Å². The van der Waals surface area contributed by atoms with Crippen LogP contribution < -0.4 is 0 Å². The molecule has 0 aliphatic carbocycles. The molecule has 100 valence electrons. The molecular formula is C12H14N4O2S. The number of hydrogen-bond donors (Lipinski definition) is 0. The monoisotopic (exact) mass is 278 g/mol. The third-order valence-corrected chi connectivity index (χ3v) is 4.18. The van der Waals surface area contributed by atoms with E-state index < -0.39 is 9.84 Å². The molecule has 0 saturated heterocycles. The van der Waals surface area contributed by atoms with E-state index in [1.54, 1.807) is 30.3 Å². The summed E-state index contributed by atoms with van der Waals surface area (Å²) >= 11 is 0. The summed E-state index contributed by atoms with van der Waals surface area (Å²) in [6, 6.07) is 8.93. The van der Waals surface area contributed by atoms with Gasteiger partial charge in [0.2, 0.25) is 9.84 Å². The van der Waals surface area contributed by atoms with Crippen LogP contribution in [0.5, 0.6) is 0 Å². The molecule has 0 spiro atoms. The van der Waals surface area contributed by atoms with Crippen molar-refractivity contribution in [1.82, 2.24) is 20.2 Å². The molecule has 2 aromatic rings. The number of allylic oxidation sites excluding steroid dienone is 1. The van der Waals surface area contributed by atoms with Crippen molar-refractivity contribution in [1.29, 1.82) is 0 Å². The normalized spacial score (nSPS) is 11.4. The highest BCUT2D eigenvalue weighted by atomic mass is 32.2. The molecule has 0 radical (unpaired) electrons. The fraction of sp³-hybridized carbons (Fsp3) is 0.250. The molecule has 2 rings (SSSR count). The van der Waals surface area contributed by atoms with Gasteiger partial charge in [0.25, 0.3) is 5.16 Å². The van der Waals surface area contributed by atoms with Crippen molar-refractivity contribution in [2.75, 3.05) is 5.75 Å². The predicted molar refractivity (Wildman–Crippen MR) is 70.6 cm³/mol. The number of hydrogen-bond acceptors (Lipinski definition) is 5.